The van der Waals surface area contributed by atoms with Crippen molar-refractivity contribution in [3.63, 3.8) is 0 Å². The van der Waals surface area contributed by atoms with Crippen LogP contribution in [-0.4, -0.2) is 18.6 Å². The molecule has 2 rings (SSSR count). The summed E-state index contributed by atoms with van der Waals surface area (Å²) in [5.74, 6) is 0.612. The van der Waals surface area contributed by atoms with Crippen molar-refractivity contribution in [3.05, 3.63) is 35.9 Å². The van der Waals surface area contributed by atoms with Gasteiger partial charge >= 0.3 is 0 Å². The van der Waals surface area contributed by atoms with Crippen molar-refractivity contribution in [1.29, 1.82) is 0 Å². The summed E-state index contributed by atoms with van der Waals surface area (Å²) < 4.78 is 0. The van der Waals surface area contributed by atoms with Crippen LogP contribution in [0.3, 0.4) is 0 Å². The second-order valence-electron chi connectivity index (χ2n) is 6.23. The lowest BCUT2D eigenvalue weighted by molar-refractivity contribution is 0.340. The molecule has 0 saturated carbocycles. The van der Waals surface area contributed by atoms with E-state index < -0.39 is 0 Å². The van der Waals surface area contributed by atoms with Crippen LogP contribution < -0.4 is 10.6 Å². The molecule has 0 amide bonds. The van der Waals surface area contributed by atoms with Gasteiger partial charge in [0.05, 0.1) is 0 Å². The molecular formula is C17H28N2. The number of hydrogen-bond acceptors (Lipinski definition) is 2. The Labute approximate surface area is 118 Å². The summed E-state index contributed by atoms with van der Waals surface area (Å²) in [5.41, 5.74) is 1.41. The Hall–Kier alpha value is -0.860. The predicted octanol–water partition coefficient (Wildman–Crippen LogP) is 3.50. The van der Waals surface area contributed by atoms with Gasteiger partial charge in [-0.15, -0.1) is 0 Å². The first-order chi connectivity index (χ1) is 9.16. The Morgan fingerprint density at radius 2 is 1.95 bits per heavy atom. The van der Waals surface area contributed by atoms with Gasteiger partial charge in [0.2, 0.25) is 0 Å². The zero-order valence-corrected chi connectivity index (χ0v) is 12.5. The van der Waals surface area contributed by atoms with Crippen molar-refractivity contribution in [3.8, 4) is 0 Å². The summed E-state index contributed by atoms with van der Waals surface area (Å²) in [6.45, 7) is 8.11. The molecule has 1 fully saturated rings. The lowest BCUT2D eigenvalue weighted by atomic mass is 9.94. The Balaban J connectivity index is 1.92. The summed E-state index contributed by atoms with van der Waals surface area (Å²) in [6, 6.07) is 12.6. The largest absolute Gasteiger partial charge is 0.314 e. The van der Waals surface area contributed by atoms with Crippen LogP contribution >= 0.6 is 0 Å². The molecule has 1 saturated heterocycles. The Kier molecular flexibility index (Phi) is 5.41. The summed E-state index contributed by atoms with van der Waals surface area (Å²) >= 11 is 0. The van der Waals surface area contributed by atoms with Gasteiger partial charge in [-0.1, -0.05) is 44.2 Å². The zero-order chi connectivity index (χ0) is 13.7. The first kappa shape index (κ1) is 14.5. The number of nitrogens with one attached hydrogen (secondary N) is 2. The molecule has 1 aliphatic rings. The zero-order valence-electron chi connectivity index (χ0n) is 12.5. The van der Waals surface area contributed by atoms with Crippen LogP contribution in [0.1, 0.15) is 51.6 Å². The van der Waals surface area contributed by atoms with E-state index in [1.165, 1.54) is 31.4 Å². The molecule has 0 aromatic heterocycles. The normalized spacial score (nSPS) is 22.6. The fraction of sp³-hybridized carbons (Fsp3) is 0.647. The van der Waals surface area contributed by atoms with Crippen LogP contribution in [0.4, 0.5) is 0 Å². The average molecular weight is 260 g/mol. The number of benzene rings is 1. The topological polar surface area (TPSA) is 24.1 Å². The van der Waals surface area contributed by atoms with Crippen LogP contribution in [0, 0.1) is 5.92 Å². The van der Waals surface area contributed by atoms with Crippen molar-refractivity contribution >= 4 is 0 Å². The van der Waals surface area contributed by atoms with Crippen molar-refractivity contribution in [2.45, 2.75) is 58.2 Å². The highest BCUT2D eigenvalue weighted by Gasteiger charge is 2.21. The van der Waals surface area contributed by atoms with Crippen LogP contribution in [0.15, 0.2) is 30.3 Å². The SMILES string of the molecule is CC(CC1CCCN1)NC(c1ccccc1)C(C)C. The first-order valence-electron chi connectivity index (χ1n) is 7.71. The van der Waals surface area contributed by atoms with Crippen LogP contribution in [0.5, 0.6) is 0 Å². The van der Waals surface area contributed by atoms with Gasteiger partial charge in [0.25, 0.3) is 0 Å². The van der Waals surface area contributed by atoms with Gasteiger partial charge in [0.15, 0.2) is 0 Å². The summed E-state index contributed by atoms with van der Waals surface area (Å²) in [4.78, 5) is 0. The molecule has 0 bridgehead atoms. The molecule has 0 aliphatic carbocycles. The van der Waals surface area contributed by atoms with Gasteiger partial charge < -0.3 is 10.6 Å². The van der Waals surface area contributed by atoms with E-state index in [2.05, 4.69) is 61.7 Å². The highest BCUT2D eigenvalue weighted by atomic mass is 15.0. The number of hydrogen-bond donors (Lipinski definition) is 2. The van der Waals surface area contributed by atoms with Crippen molar-refractivity contribution in [2.24, 2.45) is 5.92 Å². The fourth-order valence-corrected chi connectivity index (χ4v) is 3.09. The third-order valence-electron chi connectivity index (χ3n) is 4.09. The van der Waals surface area contributed by atoms with Gasteiger partial charge in [-0.25, -0.2) is 0 Å². The first-order valence-corrected chi connectivity index (χ1v) is 7.71. The van der Waals surface area contributed by atoms with Crippen LogP contribution in [-0.2, 0) is 0 Å². The minimum Gasteiger partial charge on any atom is -0.314 e. The average Bonchev–Trinajstić information content (AvgIpc) is 2.89. The molecule has 2 heteroatoms. The summed E-state index contributed by atoms with van der Waals surface area (Å²) in [5, 5.41) is 7.41. The van der Waals surface area contributed by atoms with Crippen LogP contribution in [0.25, 0.3) is 0 Å². The van der Waals surface area contributed by atoms with E-state index in [0.29, 0.717) is 24.0 Å². The standard InChI is InChI=1S/C17H28N2/c1-13(2)17(15-8-5-4-6-9-15)19-14(3)12-16-10-7-11-18-16/h4-6,8-9,13-14,16-19H,7,10-12H2,1-3H3. The van der Waals surface area contributed by atoms with Crippen LogP contribution in [0.2, 0.25) is 0 Å². The second-order valence-corrected chi connectivity index (χ2v) is 6.23. The lowest BCUT2D eigenvalue weighted by Gasteiger charge is -2.28. The molecule has 1 aromatic carbocycles. The van der Waals surface area contributed by atoms with E-state index in [1.54, 1.807) is 0 Å². The maximum atomic E-state index is 3.82. The minimum absolute atomic E-state index is 0.456. The van der Waals surface area contributed by atoms with E-state index in [-0.39, 0.29) is 0 Å². The van der Waals surface area contributed by atoms with Crippen molar-refractivity contribution in [2.75, 3.05) is 6.54 Å². The minimum atomic E-state index is 0.456. The molecule has 1 aromatic rings. The van der Waals surface area contributed by atoms with E-state index in [1.807, 2.05) is 0 Å². The highest BCUT2D eigenvalue weighted by molar-refractivity contribution is 5.19. The predicted molar refractivity (Wildman–Crippen MR) is 82.3 cm³/mol. The van der Waals surface area contributed by atoms with E-state index in [9.17, 15) is 0 Å². The molecule has 0 radical (unpaired) electrons. The maximum absolute atomic E-state index is 3.82. The molecule has 3 atom stereocenters. The smallest absolute Gasteiger partial charge is 0.0345 e. The van der Waals surface area contributed by atoms with Crippen molar-refractivity contribution in [1.82, 2.24) is 10.6 Å². The van der Waals surface area contributed by atoms with E-state index >= 15 is 0 Å². The molecule has 3 unspecified atom stereocenters. The molecule has 19 heavy (non-hydrogen) atoms. The van der Waals surface area contributed by atoms with Gasteiger partial charge in [0.1, 0.15) is 0 Å². The van der Waals surface area contributed by atoms with E-state index in [0.717, 1.165) is 0 Å². The van der Waals surface area contributed by atoms with Gasteiger partial charge in [-0.05, 0) is 44.2 Å². The molecule has 2 nitrogen and oxygen atoms in total. The third kappa shape index (κ3) is 4.32. The molecule has 1 aliphatic heterocycles. The third-order valence-corrected chi connectivity index (χ3v) is 4.09. The summed E-state index contributed by atoms with van der Waals surface area (Å²) in [7, 11) is 0. The van der Waals surface area contributed by atoms with Gasteiger partial charge in [0, 0.05) is 18.1 Å². The maximum Gasteiger partial charge on any atom is 0.0345 e. The summed E-state index contributed by atoms with van der Waals surface area (Å²) in [6.07, 6.45) is 3.91. The number of rotatable bonds is 6. The molecule has 106 valence electrons. The van der Waals surface area contributed by atoms with Crippen molar-refractivity contribution < 1.29 is 0 Å². The van der Waals surface area contributed by atoms with E-state index in [4.69, 9.17) is 0 Å². The molecule has 2 N–H and O–H groups in total. The Morgan fingerprint density at radius 1 is 1.21 bits per heavy atom. The molecular weight excluding hydrogens is 232 g/mol. The highest BCUT2D eigenvalue weighted by Crippen LogP contribution is 2.23. The molecule has 0 spiro atoms. The second kappa shape index (κ2) is 7.06. The quantitative estimate of drug-likeness (QED) is 0.818. The monoisotopic (exact) mass is 260 g/mol. The lowest BCUT2D eigenvalue weighted by Crippen LogP contribution is -2.37. The Bertz CT molecular complexity index is 355. The Morgan fingerprint density at radius 3 is 2.53 bits per heavy atom. The van der Waals surface area contributed by atoms with Gasteiger partial charge in [-0.3, -0.25) is 0 Å². The molecule has 1 heterocycles. The van der Waals surface area contributed by atoms with Gasteiger partial charge in [-0.2, -0.15) is 0 Å². The fourth-order valence-electron chi connectivity index (χ4n) is 3.09.